The van der Waals surface area contributed by atoms with Gasteiger partial charge in [0.15, 0.2) is 0 Å². The normalized spacial score (nSPS) is 12.7. The minimum Gasteiger partial charge on any atom is -0.480 e. The summed E-state index contributed by atoms with van der Waals surface area (Å²) in [5, 5.41) is 17.9. The summed E-state index contributed by atoms with van der Waals surface area (Å²) in [5.41, 5.74) is 12.3. The molecule has 11 nitrogen and oxygen atoms in total. The number of para-hydroxylation sites is 1. The largest absolute Gasteiger partial charge is 0.480 e. The molecule has 3 amide bonds. The smallest absolute Gasteiger partial charge is 0.326 e. The molecule has 0 aliphatic heterocycles. The molecule has 11 heteroatoms. The van der Waals surface area contributed by atoms with Crippen molar-refractivity contribution >= 4 is 34.6 Å². The number of hydrogen-bond donors (Lipinski definition) is 7. The molecule has 174 valence electrons. The molecular formula is C21H30N6O5. The third kappa shape index (κ3) is 7.36. The first-order chi connectivity index (χ1) is 15.3. The number of carbonyl (C=O) groups is 4. The van der Waals surface area contributed by atoms with Gasteiger partial charge in [-0.05, 0) is 37.4 Å². The fraction of sp³-hybridized carbons (Fsp3) is 0.429. The highest BCUT2D eigenvalue weighted by atomic mass is 16.4. The molecule has 0 fully saturated rings. The molecule has 2 unspecified atom stereocenters. The Kier molecular flexibility index (Phi) is 9.64. The highest BCUT2D eigenvalue weighted by molar-refractivity contribution is 5.92. The number of nitrogens with one attached hydrogen (secondary N) is 4. The van der Waals surface area contributed by atoms with E-state index in [2.05, 4.69) is 20.9 Å². The summed E-state index contributed by atoms with van der Waals surface area (Å²) < 4.78 is 0. The number of rotatable bonds is 13. The van der Waals surface area contributed by atoms with Gasteiger partial charge in [-0.1, -0.05) is 18.2 Å². The molecule has 0 saturated heterocycles. The molecular weight excluding hydrogens is 416 g/mol. The van der Waals surface area contributed by atoms with Crippen molar-refractivity contribution in [3.05, 3.63) is 36.0 Å². The second-order valence-electron chi connectivity index (χ2n) is 7.35. The van der Waals surface area contributed by atoms with Crippen molar-refractivity contribution in [3.8, 4) is 0 Å². The number of aromatic nitrogens is 1. The van der Waals surface area contributed by atoms with Crippen LogP contribution >= 0.6 is 0 Å². The summed E-state index contributed by atoms with van der Waals surface area (Å²) in [4.78, 5) is 51.1. The Morgan fingerprint density at radius 3 is 2.44 bits per heavy atom. The number of unbranched alkanes of at least 4 members (excludes halogenated alkanes) is 1. The molecule has 0 bridgehead atoms. The van der Waals surface area contributed by atoms with Crippen molar-refractivity contribution in [2.24, 2.45) is 11.5 Å². The average molecular weight is 447 g/mol. The summed E-state index contributed by atoms with van der Waals surface area (Å²) in [6, 6.07) is 5.30. The summed E-state index contributed by atoms with van der Waals surface area (Å²) in [6.45, 7) is -0.177. The van der Waals surface area contributed by atoms with Gasteiger partial charge in [0.05, 0.1) is 13.1 Å². The van der Waals surface area contributed by atoms with Crippen LogP contribution in [0.1, 0.15) is 24.8 Å². The lowest BCUT2D eigenvalue weighted by Crippen LogP contribution is -2.53. The van der Waals surface area contributed by atoms with Crippen LogP contribution in [-0.4, -0.2) is 65.5 Å². The highest BCUT2D eigenvalue weighted by Crippen LogP contribution is 2.19. The van der Waals surface area contributed by atoms with Crippen LogP contribution in [0.3, 0.4) is 0 Å². The van der Waals surface area contributed by atoms with Crippen molar-refractivity contribution < 1.29 is 24.3 Å². The maximum atomic E-state index is 12.8. The topological polar surface area (TPSA) is 192 Å². The molecule has 1 aromatic heterocycles. The predicted octanol–water partition coefficient (Wildman–Crippen LogP) is -1.03. The van der Waals surface area contributed by atoms with Crippen molar-refractivity contribution in [2.75, 3.05) is 19.6 Å². The minimum absolute atomic E-state index is 0.0705. The molecule has 0 saturated carbocycles. The first kappa shape index (κ1) is 24.8. The standard InChI is InChI=1S/C21H30N6O5/c22-8-4-3-7-16(26-19(29)12-25-18(28)10-23)20(30)27-17(21(31)32)9-13-11-24-15-6-2-1-5-14(13)15/h1-2,5-6,11,16-17,24H,3-4,7-10,12,22-23H2,(H,25,28)(H,26,29)(H,27,30)(H,31,32). The second kappa shape index (κ2) is 12.4. The SMILES string of the molecule is NCCCCC(NC(=O)CNC(=O)CN)C(=O)NC(Cc1c[nH]c2ccccc12)C(=O)O. The van der Waals surface area contributed by atoms with E-state index in [1.165, 1.54) is 0 Å². The molecule has 32 heavy (non-hydrogen) atoms. The molecule has 0 aliphatic carbocycles. The molecule has 0 spiro atoms. The summed E-state index contributed by atoms with van der Waals surface area (Å²) in [5.74, 6) is -2.89. The van der Waals surface area contributed by atoms with Gasteiger partial charge in [-0.3, -0.25) is 14.4 Å². The van der Waals surface area contributed by atoms with Crippen LogP contribution in [-0.2, 0) is 25.6 Å². The number of benzene rings is 1. The molecule has 2 aromatic rings. The molecule has 2 atom stereocenters. The third-order valence-corrected chi connectivity index (χ3v) is 4.94. The van der Waals surface area contributed by atoms with Gasteiger partial charge in [-0.2, -0.15) is 0 Å². The number of H-pyrrole nitrogens is 1. The fourth-order valence-electron chi connectivity index (χ4n) is 3.25. The van der Waals surface area contributed by atoms with Gasteiger partial charge in [0.1, 0.15) is 12.1 Å². The van der Waals surface area contributed by atoms with Crippen molar-refractivity contribution in [1.29, 1.82) is 0 Å². The lowest BCUT2D eigenvalue weighted by Gasteiger charge is -2.21. The zero-order chi connectivity index (χ0) is 23.5. The monoisotopic (exact) mass is 446 g/mol. The third-order valence-electron chi connectivity index (χ3n) is 4.94. The van der Waals surface area contributed by atoms with Gasteiger partial charge < -0.3 is 37.5 Å². The van der Waals surface area contributed by atoms with E-state index in [0.29, 0.717) is 19.4 Å². The van der Waals surface area contributed by atoms with Crippen LogP contribution in [0.2, 0.25) is 0 Å². The first-order valence-corrected chi connectivity index (χ1v) is 10.4. The quantitative estimate of drug-likeness (QED) is 0.191. The Bertz CT molecular complexity index is 944. The number of amides is 3. The first-order valence-electron chi connectivity index (χ1n) is 10.4. The number of carboxylic acid groups (broad SMARTS) is 1. The van der Waals surface area contributed by atoms with E-state index < -0.39 is 35.8 Å². The van der Waals surface area contributed by atoms with E-state index >= 15 is 0 Å². The van der Waals surface area contributed by atoms with E-state index in [1.54, 1.807) is 6.20 Å². The van der Waals surface area contributed by atoms with Crippen LogP contribution in [0.4, 0.5) is 0 Å². The number of aliphatic carboxylic acids is 1. The number of aromatic amines is 1. The van der Waals surface area contributed by atoms with Gasteiger partial charge in [0.2, 0.25) is 17.7 Å². The van der Waals surface area contributed by atoms with Crippen molar-refractivity contribution in [2.45, 2.75) is 37.8 Å². The summed E-state index contributed by atoms with van der Waals surface area (Å²) in [7, 11) is 0. The van der Waals surface area contributed by atoms with E-state index in [1.807, 2.05) is 24.3 Å². The number of carboxylic acids is 1. The molecule has 0 radical (unpaired) electrons. The molecule has 9 N–H and O–H groups in total. The maximum absolute atomic E-state index is 12.8. The van der Waals surface area contributed by atoms with E-state index in [9.17, 15) is 24.3 Å². The zero-order valence-corrected chi connectivity index (χ0v) is 17.7. The van der Waals surface area contributed by atoms with Crippen LogP contribution in [0.15, 0.2) is 30.5 Å². The Morgan fingerprint density at radius 1 is 1.00 bits per heavy atom. The van der Waals surface area contributed by atoms with Gasteiger partial charge in [0.25, 0.3) is 0 Å². The van der Waals surface area contributed by atoms with Crippen LogP contribution < -0.4 is 27.4 Å². The average Bonchev–Trinajstić information content (AvgIpc) is 3.19. The molecule has 1 heterocycles. The van der Waals surface area contributed by atoms with Crippen LogP contribution in [0.5, 0.6) is 0 Å². The maximum Gasteiger partial charge on any atom is 0.326 e. The van der Waals surface area contributed by atoms with Crippen molar-refractivity contribution in [1.82, 2.24) is 20.9 Å². The van der Waals surface area contributed by atoms with Gasteiger partial charge in [-0.25, -0.2) is 4.79 Å². The number of carbonyl (C=O) groups excluding carboxylic acids is 3. The number of fused-ring (bicyclic) bond motifs is 1. The van der Waals surface area contributed by atoms with Gasteiger partial charge in [-0.15, -0.1) is 0 Å². The minimum atomic E-state index is -1.19. The summed E-state index contributed by atoms with van der Waals surface area (Å²) in [6.07, 6.45) is 3.26. The fourth-order valence-corrected chi connectivity index (χ4v) is 3.25. The number of nitrogens with two attached hydrogens (primary N) is 2. The second-order valence-corrected chi connectivity index (χ2v) is 7.35. The summed E-state index contributed by atoms with van der Waals surface area (Å²) >= 11 is 0. The van der Waals surface area contributed by atoms with E-state index in [4.69, 9.17) is 11.5 Å². The Hall–Kier alpha value is -3.44. The zero-order valence-electron chi connectivity index (χ0n) is 17.7. The Balaban J connectivity index is 2.06. The Labute approximate surface area is 185 Å². The van der Waals surface area contributed by atoms with Crippen LogP contribution in [0, 0.1) is 0 Å². The lowest BCUT2D eigenvalue weighted by molar-refractivity contribution is -0.142. The molecule has 0 aliphatic rings. The molecule has 1 aromatic carbocycles. The van der Waals surface area contributed by atoms with Crippen molar-refractivity contribution in [3.63, 3.8) is 0 Å². The van der Waals surface area contributed by atoms with Gasteiger partial charge >= 0.3 is 5.97 Å². The van der Waals surface area contributed by atoms with E-state index in [0.717, 1.165) is 16.5 Å². The molecule has 2 rings (SSSR count). The highest BCUT2D eigenvalue weighted by Gasteiger charge is 2.27. The van der Waals surface area contributed by atoms with Gasteiger partial charge in [0, 0.05) is 23.5 Å². The van der Waals surface area contributed by atoms with Crippen LogP contribution in [0.25, 0.3) is 10.9 Å². The lowest BCUT2D eigenvalue weighted by atomic mass is 10.0. The number of hydrogen-bond acceptors (Lipinski definition) is 6. The Morgan fingerprint density at radius 2 is 1.75 bits per heavy atom. The predicted molar refractivity (Wildman–Crippen MR) is 118 cm³/mol. The van der Waals surface area contributed by atoms with E-state index in [-0.39, 0.29) is 25.9 Å².